The Morgan fingerprint density at radius 3 is 2.13 bits per heavy atom. The Labute approximate surface area is 356 Å². The molecule has 1 aromatic carbocycles. The predicted octanol–water partition coefficient (Wildman–Crippen LogP) is 11.0. The van der Waals surface area contributed by atoms with Gasteiger partial charge in [0.15, 0.2) is 6.29 Å². The van der Waals surface area contributed by atoms with Gasteiger partial charge in [-0.25, -0.2) is 0 Å². The maximum Gasteiger partial charge on any atom is 0.416 e. The summed E-state index contributed by atoms with van der Waals surface area (Å²) in [5, 5.41) is 10.7. The Bertz CT molecular complexity index is 2710. The van der Waals surface area contributed by atoms with Crippen LogP contribution < -0.4 is 0 Å². The number of halogens is 6. The van der Waals surface area contributed by atoms with Crippen LogP contribution in [0, 0.1) is 130 Å². The average Bonchev–Trinajstić information content (AvgIpc) is 3.86. The number of aliphatic hydroxyl groups excluding tert-OH is 1. The van der Waals surface area contributed by atoms with E-state index in [9.17, 15) is 31.4 Å². The van der Waals surface area contributed by atoms with Gasteiger partial charge < -0.3 is 9.84 Å². The van der Waals surface area contributed by atoms with Crippen molar-refractivity contribution in [2.45, 2.75) is 69.0 Å². The van der Waals surface area contributed by atoms with Crippen molar-refractivity contribution in [1.82, 2.24) is 0 Å². The Morgan fingerprint density at radius 2 is 1.34 bits per heavy atom. The summed E-state index contributed by atoms with van der Waals surface area (Å²) >= 11 is 0. The van der Waals surface area contributed by atoms with Gasteiger partial charge in [-0.05, 0) is 215 Å². The lowest BCUT2D eigenvalue weighted by Gasteiger charge is -2.60. The molecule has 0 heterocycles. The second kappa shape index (κ2) is 9.86. The minimum atomic E-state index is -4.94. The number of benzene rings is 1. The minimum Gasteiger partial charge on any atom is -0.368 e. The number of hydrogen-bond acceptors (Lipinski definition) is 2. The maximum absolute atomic E-state index is 14.9. The number of hydrogen-bond donors (Lipinski definition) is 1. The molecule has 0 aliphatic heterocycles. The molecule has 18 rings (SSSR count). The minimum absolute atomic E-state index is 0.147. The molecule has 0 aromatic heterocycles. The summed E-state index contributed by atoms with van der Waals surface area (Å²) in [7, 11) is 1.44. The molecule has 318 valence electrons. The van der Waals surface area contributed by atoms with Crippen molar-refractivity contribution in [2.24, 2.45) is 130 Å². The third-order valence-corrected chi connectivity index (χ3v) is 23.5. The van der Waals surface area contributed by atoms with Gasteiger partial charge in [-0.15, -0.1) is 0 Å². The van der Waals surface area contributed by atoms with E-state index in [4.69, 9.17) is 4.74 Å². The Morgan fingerprint density at radius 1 is 0.629 bits per heavy atom. The molecule has 9 saturated carbocycles. The lowest BCUT2D eigenvalue weighted by Crippen LogP contribution is -2.57. The van der Waals surface area contributed by atoms with Crippen molar-refractivity contribution in [3.05, 3.63) is 115 Å². The third kappa shape index (κ3) is 3.14. The van der Waals surface area contributed by atoms with Crippen LogP contribution >= 0.6 is 0 Å². The molecule has 1 aromatic rings. The van der Waals surface area contributed by atoms with Crippen LogP contribution in [0.3, 0.4) is 0 Å². The highest BCUT2D eigenvalue weighted by Gasteiger charge is 2.85. The summed E-state index contributed by atoms with van der Waals surface area (Å²) in [5.74, 6) is 13.7. The zero-order valence-electron chi connectivity index (χ0n) is 34.4. The van der Waals surface area contributed by atoms with E-state index < -0.39 is 35.2 Å². The summed E-state index contributed by atoms with van der Waals surface area (Å²) in [6.07, 6.45) is 5.59. The van der Waals surface area contributed by atoms with E-state index in [0.29, 0.717) is 78.1 Å². The van der Waals surface area contributed by atoms with Gasteiger partial charge in [0.1, 0.15) is 0 Å². The van der Waals surface area contributed by atoms with E-state index in [-0.39, 0.29) is 23.8 Å². The molecule has 17 aliphatic carbocycles. The molecule has 0 radical (unpaired) electrons. The first-order valence-electron chi connectivity index (χ1n) is 24.5. The standard InChI is InChI=1S/C54H48F6O2/c1-62-27(61)3-2-12-52(16-13-17(53(55,56)57)15-18(14-16)54(58,59)60)50-36-25-10-8-23-21-6-4-19-20-5-7-22-24-9-11-26-35-33(24)40-31(22)29(20)38-28(19)30(21)39-32(23)34(25)41-43(36)44(37(26)51(50)52)42(35)49-47(40)45(38)46(39)48(41)49/h4,6,8,10,13-15,19-24,27-33,35,38,40,42-45,47-49,61H,2-3,5,7,9,11-12H2,1H3. The molecular formula is C54H48F6O2. The molecule has 24 atom stereocenters. The lowest BCUT2D eigenvalue weighted by atomic mass is 9.43. The van der Waals surface area contributed by atoms with E-state index in [1.54, 1.807) is 16.7 Å². The first-order valence-corrected chi connectivity index (χ1v) is 24.5. The zero-order chi connectivity index (χ0) is 40.9. The van der Waals surface area contributed by atoms with Crippen LogP contribution in [-0.2, 0) is 22.5 Å². The van der Waals surface area contributed by atoms with Crippen molar-refractivity contribution < 1.29 is 36.2 Å². The number of methoxy groups -OCH3 is 1. The Hall–Kier alpha value is -3.10. The fourth-order valence-electron chi connectivity index (χ4n) is 23.4. The molecule has 17 aliphatic rings. The molecule has 0 spiro atoms. The van der Waals surface area contributed by atoms with E-state index in [1.807, 2.05) is 11.1 Å². The SMILES string of the molecule is COC(O)CCCC1(c2cc(C(F)(F)F)cc(C(F)(F)F)c2)C2=C1C1=C3CCC4C5CCC6C7C=CC8C9C=CC%10=C2C2C%11=C%10C9C9=C%10C%11C%11C(C12)C3C4C1C5C6C(C%10C%111)C7C98. The monoisotopic (exact) mass is 842 g/mol. The van der Waals surface area contributed by atoms with Crippen LogP contribution in [0.4, 0.5) is 26.3 Å². The molecule has 24 unspecified atom stereocenters. The van der Waals surface area contributed by atoms with Crippen LogP contribution in [0.2, 0.25) is 0 Å². The van der Waals surface area contributed by atoms with Crippen molar-refractivity contribution in [2.75, 3.05) is 7.11 Å². The smallest absolute Gasteiger partial charge is 0.368 e. The summed E-state index contributed by atoms with van der Waals surface area (Å²) in [4.78, 5) is 0. The maximum atomic E-state index is 14.9. The molecular weight excluding hydrogens is 795 g/mol. The average molecular weight is 843 g/mol. The zero-order valence-corrected chi connectivity index (χ0v) is 34.4. The molecule has 8 heteroatoms. The topological polar surface area (TPSA) is 29.5 Å². The molecule has 9 fully saturated rings. The number of allylic oxidation sites excluding steroid dienone is 14. The number of aliphatic hydroxyl groups is 1. The summed E-state index contributed by atoms with van der Waals surface area (Å²) in [5.41, 5.74) is 11.5. The lowest BCUT2D eigenvalue weighted by molar-refractivity contribution is -0.143. The Kier molecular flexibility index (Phi) is 5.45. The molecule has 0 amide bonds. The highest BCUT2D eigenvalue weighted by molar-refractivity contribution is 5.87. The van der Waals surface area contributed by atoms with Crippen LogP contribution in [0.5, 0.6) is 0 Å². The van der Waals surface area contributed by atoms with Gasteiger partial charge in [0.2, 0.25) is 0 Å². The molecule has 2 nitrogen and oxygen atoms in total. The van der Waals surface area contributed by atoms with Gasteiger partial charge >= 0.3 is 12.4 Å². The van der Waals surface area contributed by atoms with Crippen LogP contribution in [0.1, 0.15) is 61.6 Å². The second-order valence-corrected chi connectivity index (χ2v) is 23.9. The Balaban J connectivity index is 0.948. The van der Waals surface area contributed by atoms with Gasteiger partial charge in [0.05, 0.1) is 11.1 Å². The van der Waals surface area contributed by atoms with Crippen LogP contribution in [-0.4, -0.2) is 18.5 Å². The molecule has 0 bridgehead atoms. The van der Waals surface area contributed by atoms with Gasteiger partial charge in [0, 0.05) is 30.3 Å². The largest absolute Gasteiger partial charge is 0.416 e. The van der Waals surface area contributed by atoms with Crippen LogP contribution in [0.15, 0.2) is 98.2 Å². The van der Waals surface area contributed by atoms with Gasteiger partial charge in [0.25, 0.3) is 0 Å². The van der Waals surface area contributed by atoms with E-state index in [0.717, 1.165) is 88.9 Å². The van der Waals surface area contributed by atoms with Crippen molar-refractivity contribution in [3.63, 3.8) is 0 Å². The fraction of sp³-hybridized carbons (Fsp3) is 0.630. The normalized spacial score (nSPS) is 54.6. The third-order valence-electron chi connectivity index (χ3n) is 23.5. The summed E-state index contributed by atoms with van der Waals surface area (Å²) in [6, 6.07) is 2.49. The number of fused-ring (bicyclic) bond motifs is 5. The van der Waals surface area contributed by atoms with Crippen molar-refractivity contribution in [1.29, 1.82) is 0 Å². The predicted molar refractivity (Wildman–Crippen MR) is 214 cm³/mol. The first kappa shape index (κ1) is 34.3. The fourth-order valence-corrected chi connectivity index (χ4v) is 23.4. The van der Waals surface area contributed by atoms with E-state index >= 15 is 0 Å². The summed E-state index contributed by atoms with van der Waals surface area (Å²) in [6.45, 7) is 0. The highest BCUT2D eigenvalue weighted by Crippen LogP contribution is 2.91. The second-order valence-electron chi connectivity index (χ2n) is 23.9. The molecule has 1 N–H and O–H groups in total. The van der Waals surface area contributed by atoms with Gasteiger partial charge in [-0.1, -0.05) is 46.6 Å². The van der Waals surface area contributed by atoms with Crippen molar-refractivity contribution in [3.8, 4) is 0 Å². The van der Waals surface area contributed by atoms with Crippen LogP contribution in [0.25, 0.3) is 0 Å². The number of alkyl halides is 6. The highest BCUT2D eigenvalue weighted by atomic mass is 19.4. The first-order chi connectivity index (χ1) is 29.9. The summed E-state index contributed by atoms with van der Waals surface area (Å²) < 4.78 is 94.7. The quantitative estimate of drug-likeness (QED) is 0.176. The number of rotatable bonds is 6. The van der Waals surface area contributed by atoms with E-state index in [2.05, 4.69) is 24.3 Å². The molecule has 0 saturated heterocycles. The van der Waals surface area contributed by atoms with Crippen molar-refractivity contribution >= 4 is 0 Å². The van der Waals surface area contributed by atoms with Gasteiger partial charge in [-0.3, -0.25) is 0 Å². The van der Waals surface area contributed by atoms with Gasteiger partial charge in [-0.2, -0.15) is 26.3 Å². The number of ether oxygens (including phenoxy) is 1. The molecule has 62 heavy (non-hydrogen) atoms. The van der Waals surface area contributed by atoms with E-state index in [1.165, 1.54) is 43.1 Å².